The van der Waals surface area contributed by atoms with Gasteiger partial charge in [-0.1, -0.05) is 52.5 Å². The molecule has 2 aliphatic rings. The fourth-order valence-corrected chi connectivity index (χ4v) is 9.54. The molecule has 0 atom stereocenters. The lowest BCUT2D eigenvalue weighted by Crippen LogP contribution is -2.44. The number of rotatable bonds is 10. The summed E-state index contributed by atoms with van der Waals surface area (Å²) in [5, 5.41) is 11.7. The molecule has 0 saturated carbocycles. The molecule has 2 aliphatic heterocycles. The van der Waals surface area contributed by atoms with E-state index in [0.29, 0.717) is 44.0 Å². The van der Waals surface area contributed by atoms with E-state index in [4.69, 9.17) is 56.4 Å². The zero-order chi connectivity index (χ0) is 46.3. The molecule has 0 aliphatic carbocycles. The number of aromatic nitrogens is 6. The van der Waals surface area contributed by atoms with E-state index >= 15 is 0 Å². The van der Waals surface area contributed by atoms with Gasteiger partial charge in [0.15, 0.2) is 10.9 Å². The molecule has 2 fully saturated rings. The van der Waals surface area contributed by atoms with Gasteiger partial charge in [0.25, 0.3) is 0 Å². The molecule has 0 radical (unpaired) electrons. The molecule has 3 N–H and O–H groups in total. The van der Waals surface area contributed by atoms with Gasteiger partial charge in [-0.05, 0) is 85.4 Å². The van der Waals surface area contributed by atoms with Gasteiger partial charge in [0, 0.05) is 146 Å². The second kappa shape index (κ2) is 18.8. The highest BCUT2D eigenvalue weighted by molar-refractivity contribution is 6.44. The summed E-state index contributed by atoms with van der Waals surface area (Å²) in [6.45, 7) is 7.80. The standard InChI is InChI=1S/C49H44Cl4N12O2/c1-61-19-21-64(22-20-61)34-11-7-32(8-12-34)58-49-56-25-37-44(66)38(35-23-30(50)4-14-40(35)51)28-65(47(37)60-49)26-29-3-13-41(52)43(53)42(29)39-27-62(2)46-36(45(39)67)24-55-48(59-46)57-31-5-9-33(10-6-31)63-17-15-54-16-18-63/h3-14,23-25,27-28,54H,15-22,26H2,1-2H3,(H,55,57,59)(H,56,58,60). The van der Waals surface area contributed by atoms with Crippen LogP contribution in [0.15, 0.2) is 113 Å². The maximum Gasteiger partial charge on any atom is 0.229 e. The Balaban J connectivity index is 1.02. The number of fused-ring (bicyclic) bond motifs is 2. The van der Waals surface area contributed by atoms with Crippen LogP contribution >= 0.6 is 46.4 Å². The van der Waals surface area contributed by atoms with Crippen molar-refractivity contribution in [2.45, 2.75) is 6.54 Å². The average molecular weight is 975 g/mol. The maximum absolute atomic E-state index is 14.6. The molecular formula is C49H44Cl4N12O2. The monoisotopic (exact) mass is 972 g/mol. The van der Waals surface area contributed by atoms with Gasteiger partial charge in [0.1, 0.15) is 11.3 Å². The minimum atomic E-state index is -0.339. The molecule has 340 valence electrons. The van der Waals surface area contributed by atoms with Crippen LogP contribution in [0.4, 0.5) is 34.6 Å². The lowest BCUT2D eigenvalue weighted by Gasteiger charge is -2.34. The van der Waals surface area contributed by atoms with Crippen molar-refractivity contribution in [3.63, 3.8) is 0 Å². The Kier molecular flexibility index (Phi) is 12.5. The molecule has 0 spiro atoms. The second-order valence-electron chi connectivity index (χ2n) is 16.7. The summed E-state index contributed by atoms with van der Waals surface area (Å²) in [6.07, 6.45) is 6.41. The van der Waals surface area contributed by atoms with E-state index in [1.807, 2.05) is 41.9 Å². The van der Waals surface area contributed by atoms with Crippen LogP contribution in [0, 0.1) is 0 Å². The van der Waals surface area contributed by atoms with Crippen LogP contribution in [-0.2, 0) is 13.6 Å². The van der Waals surface area contributed by atoms with Crippen molar-refractivity contribution in [1.82, 2.24) is 39.3 Å². The first kappa shape index (κ1) is 44.6. The van der Waals surface area contributed by atoms with Gasteiger partial charge >= 0.3 is 0 Å². The number of anilines is 6. The smallest absolute Gasteiger partial charge is 0.229 e. The predicted molar refractivity (Wildman–Crippen MR) is 273 cm³/mol. The lowest BCUT2D eigenvalue weighted by molar-refractivity contribution is 0.313. The number of nitrogens with one attached hydrogen (secondary N) is 3. The van der Waals surface area contributed by atoms with Crippen LogP contribution in [0.2, 0.25) is 20.1 Å². The van der Waals surface area contributed by atoms with Crippen LogP contribution in [0.3, 0.4) is 0 Å². The summed E-state index contributed by atoms with van der Waals surface area (Å²) in [7, 11) is 3.94. The first-order valence-corrected chi connectivity index (χ1v) is 23.3. The van der Waals surface area contributed by atoms with E-state index < -0.39 is 0 Å². The van der Waals surface area contributed by atoms with Crippen LogP contribution in [0.25, 0.3) is 44.3 Å². The fraction of sp³-hybridized carbons (Fsp3) is 0.224. The minimum absolute atomic E-state index is 0.0956. The van der Waals surface area contributed by atoms with Crippen molar-refractivity contribution in [1.29, 1.82) is 0 Å². The van der Waals surface area contributed by atoms with Crippen molar-refractivity contribution >= 4 is 103 Å². The number of pyridine rings is 2. The molecule has 10 rings (SSSR count). The highest BCUT2D eigenvalue weighted by Gasteiger charge is 2.23. The van der Waals surface area contributed by atoms with E-state index in [1.165, 1.54) is 12.4 Å². The minimum Gasteiger partial charge on any atom is -0.369 e. The zero-order valence-corrected chi connectivity index (χ0v) is 39.6. The predicted octanol–water partition coefficient (Wildman–Crippen LogP) is 9.08. The first-order valence-electron chi connectivity index (χ1n) is 21.8. The van der Waals surface area contributed by atoms with Crippen molar-refractivity contribution in [3.05, 3.63) is 150 Å². The summed E-state index contributed by atoms with van der Waals surface area (Å²) in [4.78, 5) is 54.8. The van der Waals surface area contributed by atoms with Crippen LogP contribution in [-0.4, -0.2) is 93.4 Å². The molecule has 6 heterocycles. The Morgan fingerprint density at radius 1 is 0.612 bits per heavy atom. The van der Waals surface area contributed by atoms with Gasteiger partial charge in [-0.15, -0.1) is 0 Å². The van der Waals surface area contributed by atoms with E-state index in [0.717, 1.165) is 75.1 Å². The Morgan fingerprint density at radius 3 is 1.82 bits per heavy atom. The molecule has 0 unspecified atom stereocenters. The molecule has 67 heavy (non-hydrogen) atoms. The second-order valence-corrected chi connectivity index (χ2v) is 18.4. The number of halogens is 4. The highest BCUT2D eigenvalue weighted by Crippen LogP contribution is 2.38. The Bertz CT molecular complexity index is 3300. The molecule has 4 aromatic carbocycles. The lowest BCUT2D eigenvalue weighted by atomic mass is 9.99. The summed E-state index contributed by atoms with van der Waals surface area (Å²) in [5.41, 5.74) is 5.98. The summed E-state index contributed by atoms with van der Waals surface area (Å²) >= 11 is 27.0. The van der Waals surface area contributed by atoms with Crippen LogP contribution < -0.4 is 36.6 Å². The van der Waals surface area contributed by atoms with E-state index in [9.17, 15) is 9.59 Å². The molecule has 4 aromatic heterocycles. The average Bonchev–Trinajstić information content (AvgIpc) is 3.34. The molecule has 14 nitrogen and oxygen atoms in total. The van der Waals surface area contributed by atoms with E-state index in [2.05, 4.69) is 71.9 Å². The Hall–Kier alpha value is -6.26. The number of hydrogen-bond acceptors (Lipinski definition) is 12. The third kappa shape index (κ3) is 9.12. The van der Waals surface area contributed by atoms with Gasteiger partial charge in [-0.2, -0.15) is 9.97 Å². The Labute approximate surface area is 405 Å². The van der Waals surface area contributed by atoms with Gasteiger partial charge in [0.05, 0.1) is 20.8 Å². The first-order chi connectivity index (χ1) is 32.5. The van der Waals surface area contributed by atoms with Gasteiger partial charge in [-0.25, -0.2) is 9.97 Å². The number of benzene rings is 4. The number of nitrogens with zero attached hydrogens (tertiary/aromatic N) is 9. The van der Waals surface area contributed by atoms with Crippen molar-refractivity contribution < 1.29 is 0 Å². The molecule has 0 amide bonds. The van der Waals surface area contributed by atoms with Crippen molar-refractivity contribution in [2.24, 2.45) is 7.05 Å². The van der Waals surface area contributed by atoms with Crippen LogP contribution in [0.5, 0.6) is 0 Å². The summed E-state index contributed by atoms with van der Waals surface area (Å²) in [5.74, 6) is 0.617. The van der Waals surface area contributed by atoms with Gasteiger partial charge in [0.2, 0.25) is 11.9 Å². The van der Waals surface area contributed by atoms with Crippen LogP contribution in [0.1, 0.15) is 5.56 Å². The number of aryl methyl sites for hydroxylation is 1. The largest absolute Gasteiger partial charge is 0.369 e. The summed E-state index contributed by atoms with van der Waals surface area (Å²) < 4.78 is 3.59. The highest BCUT2D eigenvalue weighted by atomic mass is 35.5. The number of piperazine rings is 2. The number of hydrogen-bond donors (Lipinski definition) is 3. The molecule has 2 saturated heterocycles. The fourth-order valence-electron chi connectivity index (χ4n) is 8.70. The van der Waals surface area contributed by atoms with Gasteiger partial charge in [-0.3, -0.25) is 9.59 Å². The normalized spacial score (nSPS) is 14.5. The molecular weight excluding hydrogens is 930 g/mol. The van der Waals surface area contributed by atoms with Crippen molar-refractivity contribution in [2.75, 3.05) is 79.8 Å². The van der Waals surface area contributed by atoms with E-state index in [1.54, 1.807) is 41.2 Å². The third-order valence-electron chi connectivity index (χ3n) is 12.3. The molecule has 8 aromatic rings. The SMILES string of the molecule is CN1CCN(c2ccc(Nc3ncc4c(=O)c(-c5cc(Cl)ccc5Cl)cn(Cc5ccc(Cl)c(Cl)c5-c5cn(C)c6nc(Nc7ccc(N8CCNCC8)cc7)ncc6c5=O)c4n3)cc2)CC1. The topological polar surface area (TPSA) is 141 Å². The third-order valence-corrected chi connectivity index (χ3v) is 13.7. The maximum atomic E-state index is 14.6. The van der Waals surface area contributed by atoms with Gasteiger partial charge < -0.3 is 39.8 Å². The quantitative estimate of drug-likeness (QED) is 0.120. The molecule has 18 heteroatoms. The van der Waals surface area contributed by atoms with E-state index in [-0.39, 0.29) is 55.3 Å². The zero-order valence-electron chi connectivity index (χ0n) is 36.5. The summed E-state index contributed by atoms with van der Waals surface area (Å²) in [6, 6.07) is 24.7. The van der Waals surface area contributed by atoms with Crippen molar-refractivity contribution in [3.8, 4) is 22.3 Å². The Morgan fingerprint density at radius 2 is 1.18 bits per heavy atom. The molecule has 0 bridgehead atoms. The number of likely N-dealkylation sites (N-methyl/N-ethyl adjacent to an activating group) is 1.